The molecule has 0 atom stereocenters. The summed E-state index contributed by atoms with van der Waals surface area (Å²) in [7, 11) is 1.74. The van der Waals surface area contributed by atoms with Gasteiger partial charge in [0.05, 0.1) is 17.2 Å². The number of halogens is 3. The minimum absolute atomic E-state index is 0.0114. The molecule has 178 valence electrons. The van der Waals surface area contributed by atoms with Crippen molar-refractivity contribution >= 4 is 23.4 Å². The fraction of sp³-hybridized carbons (Fsp3) is 0.542. The molecule has 0 saturated heterocycles. The molecule has 9 heteroatoms. The number of fused-ring (bicyclic) bond motifs is 1. The van der Waals surface area contributed by atoms with Gasteiger partial charge in [-0.05, 0) is 44.7 Å². The molecule has 1 amide bonds. The van der Waals surface area contributed by atoms with Gasteiger partial charge >= 0.3 is 6.18 Å². The van der Waals surface area contributed by atoms with Crippen molar-refractivity contribution in [2.75, 3.05) is 35.3 Å². The molecule has 1 saturated carbocycles. The first-order valence-corrected chi connectivity index (χ1v) is 11.4. The molecular formula is C24H30F3N5O. The molecular weight excluding hydrogens is 431 g/mol. The highest BCUT2D eigenvalue weighted by Gasteiger charge is 2.41. The topological polar surface area (TPSA) is 61.4 Å². The normalized spacial score (nSPS) is 18.9. The van der Waals surface area contributed by atoms with Gasteiger partial charge in [-0.3, -0.25) is 4.79 Å². The van der Waals surface area contributed by atoms with Gasteiger partial charge in [-0.15, -0.1) is 0 Å². The molecule has 6 nitrogen and oxygen atoms in total. The Morgan fingerprint density at radius 3 is 2.58 bits per heavy atom. The van der Waals surface area contributed by atoms with Crippen molar-refractivity contribution in [3.63, 3.8) is 0 Å². The summed E-state index contributed by atoms with van der Waals surface area (Å²) >= 11 is 0. The second-order valence-corrected chi connectivity index (χ2v) is 9.55. The third kappa shape index (κ3) is 4.77. The Morgan fingerprint density at radius 2 is 1.88 bits per heavy atom. The van der Waals surface area contributed by atoms with E-state index in [0.717, 1.165) is 31.7 Å². The first kappa shape index (κ1) is 23.3. The SMILES string of the molecule is CN1C(=O)C(C)(C)CN(C2CCCC2)c2nc(NCCc3ccccc3C(F)(F)F)ncc21. The quantitative estimate of drug-likeness (QED) is 0.686. The van der Waals surface area contributed by atoms with E-state index in [2.05, 4.69) is 15.2 Å². The molecule has 2 heterocycles. The number of rotatable bonds is 5. The van der Waals surface area contributed by atoms with E-state index in [9.17, 15) is 18.0 Å². The van der Waals surface area contributed by atoms with E-state index >= 15 is 0 Å². The maximum atomic E-state index is 13.3. The Morgan fingerprint density at radius 1 is 1.18 bits per heavy atom. The van der Waals surface area contributed by atoms with E-state index < -0.39 is 17.2 Å². The second-order valence-electron chi connectivity index (χ2n) is 9.55. The van der Waals surface area contributed by atoms with Crippen LogP contribution in [0.4, 0.5) is 30.6 Å². The largest absolute Gasteiger partial charge is 0.416 e. The van der Waals surface area contributed by atoms with E-state index in [-0.39, 0.29) is 24.4 Å². The molecule has 33 heavy (non-hydrogen) atoms. The number of carbonyl (C=O) groups is 1. The van der Waals surface area contributed by atoms with E-state index in [1.807, 2.05) is 13.8 Å². The average molecular weight is 462 g/mol. The molecule has 4 rings (SSSR count). The van der Waals surface area contributed by atoms with Gasteiger partial charge in [-0.2, -0.15) is 18.2 Å². The van der Waals surface area contributed by atoms with Gasteiger partial charge in [0.1, 0.15) is 5.69 Å². The van der Waals surface area contributed by atoms with Crippen molar-refractivity contribution in [1.82, 2.24) is 9.97 Å². The van der Waals surface area contributed by atoms with Crippen molar-refractivity contribution in [2.24, 2.45) is 5.41 Å². The van der Waals surface area contributed by atoms with E-state index in [1.165, 1.54) is 12.1 Å². The first-order valence-electron chi connectivity index (χ1n) is 11.4. The number of nitrogens with one attached hydrogen (secondary N) is 1. The van der Waals surface area contributed by atoms with Crippen molar-refractivity contribution < 1.29 is 18.0 Å². The Kier molecular flexibility index (Phi) is 6.24. The van der Waals surface area contributed by atoms with Crippen LogP contribution in [0.2, 0.25) is 0 Å². The van der Waals surface area contributed by atoms with E-state index in [1.54, 1.807) is 24.2 Å². The van der Waals surface area contributed by atoms with Crippen LogP contribution in [0.1, 0.15) is 50.7 Å². The number of benzene rings is 1. The molecule has 1 aliphatic heterocycles. The summed E-state index contributed by atoms with van der Waals surface area (Å²) in [5, 5.41) is 3.08. The van der Waals surface area contributed by atoms with Crippen LogP contribution >= 0.6 is 0 Å². The van der Waals surface area contributed by atoms with Gasteiger partial charge in [0.25, 0.3) is 0 Å². The molecule has 0 spiro atoms. The number of nitrogens with zero attached hydrogens (tertiary/aromatic N) is 4. The van der Waals surface area contributed by atoms with Crippen molar-refractivity contribution in [1.29, 1.82) is 0 Å². The maximum Gasteiger partial charge on any atom is 0.416 e. The fourth-order valence-electron chi connectivity index (χ4n) is 4.87. The van der Waals surface area contributed by atoms with Gasteiger partial charge < -0.3 is 15.1 Å². The molecule has 1 N–H and O–H groups in total. The first-order chi connectivity index (χ1) is 15.6. The lowest BCUT2D eigenvalue weighted by atomic mass is 9.91. The summed E-state index contributed by atoms with van der Waals surface area (Å²) in [6.45, 7) is 4.72. The summed E-state index contributed by atoms with van der Waals surface area (Å²) in [5.41, 5.74) is -0.311. The van der Waals surface area contributed by atoms with Gasteiger partial charge in [-0.1, -0.05) is 31.0 Å². The third-order valence-electron chi connectivity index (χ3n) is 6.60. The summed E-state index contributed by atoms with van der Waals surface area (Å²) < 4.78 is 39.8. The molecule has 1 aromatic heterocycles. The summed E-state index contributed by atoms with van der Waals surface area (Å²) in [5.74, 6) is 1.07. The zero-order chi connectivity index (χ0) is 23.8. The predicted octanol–water partition coefficient (Wildman–Crippen LogP) is 4.90. The van der Waals surface area contributed by atoms with Gasteiger partial charge in [-0.25, -0.2) is 4.98 Å². The number of alkyl halides is 3. The van der Waals surface area contributed by atoms with E-state index in [4.69, 9.17) is 4.98 Å². The summed E-state index contributed by atoms with van der Waals surface area (Å²) in [6.07, 6.45) is 1.83. The minimum Gasteiger partial charge on any atom is -0.354 e. The number of amides is 1. The van der Waals surface area contributed by atoms with Crippen LogP contribution < -0.4 is 15.1 Å². The standard InChI is InChI=1S/C24H30F3N5O/c1-23(2)15-32(17-9-5-6-10-17)20-19(31(3)21(23)33)14-29-22(30-20)28-13-12-16-8-4-7-11-18(16)24(25,26)27/h4,7-8,11,14,17H,5-6,9-10,12-13,15H2,1-3H3,(H,28,29,30). The van der Waals surface area contributed by atoms with Gasteiger partial charge in [0.2, 0.25) is 11.9 Å². The Bertz CT molecular complexity index is 1020. The lowest BCUT2D eigenvalue weighted by Crippen LogP contribution is -2.45. The van der Waals surface area contributed by atoms with Crippen molar-refractivity contribution in [3.8, 4) is 0 Å². The summed E-state index contributed by atoms with van der Waals surface area (Å²) in [4.78, 5) is 26.0. The molecule has 0 unspecified atom stereocenters. The molecule has 1 aliphatic carbocycles. The highest BCUT2D eigenvalue weighted by molar-refractivity contribution is 6.00. The lowest BCUT2D eigenvalue weighted by Gasteiger charge is -2.34. The number of hydrogen-bond donors (Lipinski definition) is 1. The van der Waals surface area contributed by atoms with Crippen LogP contribution in [0, 0.1) is 5.41 Å². The van der Waals surface area contributed by atoms with Gasteiger partial charge in [0.15, 0.2) is 5.82 Å². The Balaban J connectivity index is 1.57. The van der Waals surface area contributed by atoms with Crippen molar-refractivity contribution in [3.05, 3.63) is 41.6 Å². The average Bonchev–Trinajstić information content (AvgIpc) is 3.28. The van der Waals surface area contributed by atoms with Crippen LogP contribution in [0.15, 0.2) is 30.5 Å². The zero-order valence-corrected chi connectivity index (χ0v) is 19.2. The molecule has 1 aromatic carbocycles. The van der Waals surface area contributed by atoms with E-state index in [0.29, 0.717) is 30.0 Å². The second kappa shape index (κ2) is 8.83. The molecule has 0 bridgehead atoms. The third-order valence-corrected chi connectivity index (χ3v) is 6.60. The molecule has 1 fully saturated rings. The van der Waals surface area contributed by atoms with Crippen LogP contribution in [0.3, 0.4) is 0 Å². The molecule has 2 aromatic rings. The van der Waals surface area contributed by atoms with Crippen LogP contribution in [-0.4, -0.2) is 42.1 Å². The zero-order valence-electron chi connectivity index (χ0n) is 19.2. The Hall–Kier alpha value is -2.84. The summed E-state index contributed by atoms with van der Waals surface area (Å²) in [6, 6.07) is 5.91. The minimum atomic E-state index is -4.39. The highest BCUT2D eigenvalue weighted by atomic mass is 19.4. The molecule has 2 aliphatic rings. The van der Waals surface area contributed by atoms with Crippen LogP contribution in [0.25, 0.3) is 0 Å². The monoisotopic (exact) mass is 461 g/mol. The number of aromatic nitrogens is 2. The van der Waals surface area contributed by atoms with Gasteiger partial charge in [0, 0.05) is 26.2 Å². The molecule has 0 radical (unpaired) electrons. The predicted molar refractivity (Wildman–Crippen MR) is 122 cm³/mol. The highest BCUT2D eigenvalue weighted by Crippen LogP contribution is 2.40. The fourth-order valence-corrected chi connectivity index (χ4v) is 4.87. The lowest BCUT2D eigenvalue weighted by molar-refractivity contribution is -0.138. The maximum absolute atomic E-state index is 13.3. The Labute approximate surface area is 192 Å². The number of anilines is 3. The number of carbonyl (C=O) groups excluding carboxylic acids is 1. The smallest absolute Gasteiger partial charge is 0.354 e. The van der Waals surface area contributed by atoms with Crippen molar-refractivity contribution in [2.45, 2.75) is 58.2 Å². The van der Waals surface area contributed by atoms with Crippen LogP contribution in [0.5, 0.6) is 0 Å². The van der Waals surface area contributed by atoms with Crippen LogP contribution in [-0.2, 0) is 17.4 Å². The number of hydrogen-bond acceptors (Lipinski definition) is 5.